The van der Waals surface area contributed by atoms with Crippen LogP contribution in [0.15, 0.2) is 0 Å². The maximum atomic E-state index is 10.8. The van der Waals surface area contributed by atoms with Gasteiger partial charge in [0.25, 0.3) is 0 Å². The summed E-state index contributed by atoms with van der Waals surface area (Å²) in [5.74, 6) is 0.137. The van der Waals surface area contributed by atoms with E-state index in [9.17, 15) is 4.79 Å². The third-order valence-electron chi connectivity index (χ3n) is 2.07. The molecule has 70 valence electrons. The zero-order valence-electron chi connectivity index (χ0n) is 7.59. The highest BCUT2D eigenvalue weighted by Gasteiger charge is 2.20. The van der Waals surface area contributed by atoms with E-state index >= 15 is 0 Å². The average molecular weight is 172 g/mol. The van der Waals surface area contributed by atoms with Crippen molar-refractivity contribution in [3.63, 3.8) is 0 Å². The normalized spacial score (nSPS) is 25.5. The third-order valence-corrected chi connectivity index (χ3v) is 2.07. The molecule has 2 unspecified atom stereocenters. The Morgan fingerprint density at radius 3 is 3.08 bits per heavy atom. The molecule has 0 aromatic carbocycles. The molecule has 1 amide bonds. The van der Waals surface area contributed by atoms with E-state index in [2.05, 4.69) is 10.6 Å². The lowest BCUT2D eigenvalue weighted by molar-refractivity contribution is -0.119. The van der Waals surface area contributed by atoms with E-state index in [-0.39, 0.29) is 18.1 Å². The van der Waals surface area contributed by atoms with Crippen molar-refractivity contribution in [3.05, 3.63) is 0 Å². The van der Waals surface area contributed by atoms with Crippen molar-refractivity contribution >= 4 is 5.91 Å². The molecule has 1 saturated heterocycles. The first-order valence-electron chi connectivity index (χ1n) is 4.25. The molecular formula is C8H16N2O2. The van der Waals surface area contributed by atoms with Crippen LogP contribution in [0.2, 0.25) is 0 Å². The van der Waals surface area contributed by atoms with Gasteiger partial charge in [0, 0.05) is 32.7 Å². The topological polar surface area (TPSA) is 50.4 Å². The number of methoxy groups -OCH3 is 1. The van der Waals surface area contributed by atoms with Gasteiger partial charge in [0.15, 0.2) is 0 Å². The fourth-order valence-electron chi connectivity index (χ4n) is 1.17. The molecule has 0 saturated carbocycles. The van der Waals surface area contributed by atoms with Crippen molar-refractivity contribution in [2.45, 2.75) is 25.5 Å². The Kier molecular flexibility index (Phi) is 3.49. The Bertz CT molecular complexity index is 161. The largest absolute Gasteiger partial charge is 0.380 e. The lowest BCUT2D eigenvalue weighted by Crippen LogP contribution is -2.36. The third kappa shape index (κ3) is 2.79. The second-order valence-electron chi connectivity index (χ2n) is 3.16. The van der Waals surface area contributed by atoms with Gasteiger partial charge >= 0.3 is 0 Å². The molecule has 2 atom stereocenters. The maximum Gasteiger partial charge on any atom is 0.221 e. The number of hydrogen-bond donors (Lipinski definition) is 2. The van der Waals surface area contributed by atoms with Crippen molar-refractivity contribution in [1.82, 2.24) is 10.6 Å². The monoisotopic (exact) mass is 172 g/mol. The molecule has 1 aliphatic heterocycles. The summed E-state index contributed by atoms with van der Waals surface area (Å²) in [6.45, 7) is 3.54. The highest BCUT2D eigenvalue weighted by atomic mass is 16.5. The van der Waals surface area contributed by atoms with Gasteiger partial charge in [-0.1, -0.05) is 0 Å². The first-order chi connectivity index (χ1) is 5.72. The fourth-order valence-corrected chi connectivity index (χ4v) is 1.17. The summed E-state index contributed by atoms with van der Waals surface area (Å²) in [7, 11) is 1.68. The van der Waals surface area contributed by atoms with Crippen LogP contribution in [0.4, 0.5) is 0 Å². The molecule has 1 rings (SSSR count). The number of carbonyl (C=O) groups is 1. The van der Waals surface area contributed by atoms with Crippen LogP contribution in [0.5, 0.6) is 0 Å². The van der Waals surface area contributed by atoms with E-state index in [1.165, 1.54) is 0 Å². The van der Waals surface area contributed by atoms with E-state index < -0.39 is 0 Å². The standard InChI is InChI=1S/C8H16N2O2/c1-6(12-2)4-9-7-3-8(11)10-5-7/h6-7,9H,3-5H2,1-2H3,(H,10,11). The molecule has 4 nitrogen and oxygen atoms in total. The Morgan fingerprint density at radius 1 is 1.83 bits per heavy atom. The van der Waals surface area contributed by atoms with E-state index in [0.29, 0.717) is 6.42 Å². The van der Waals surface area contributed by atoms with Gasteiger partial charge in [0.2, 0.25) is 5.91 Å². The van der Waals surface area contributed by atoms with Crippen LogP contribution in [-0.2, 0) is 9.53 Å². The molecule has 1 aliphatic rings. The summed E-state index contributed by atoms with van der Waals surface area (Å²) in [6, 6.07) is 0.287. The van der Waals surface area contributed by atoms with Crippen molar-refractivity contribution in [3.8, 4) is 0 Å². The summed E-state index contributed by atoms with van der Waals surface area (Å²) in [5, 5.41) is 6.02. The van der Waals surface area contributed by atoms with Crippen LogP contribution in [0.25, 0.3) is 0 Å². The SMILES string of the molecule is COC(C)CNC1CNC(=O)C1. The summed E-state index contributed by atoms with van der Waals surface area (Å²) >= 11 is 0. The molecule has 4 heteroatoms. The molecule has 12 heavy (non-hydrogen) atoms. The zero-order chi connectivity index (χ0) is 8.97. The number of carbonyl (C=O) groups excluding carboxylic acids is 1. The number of nitrogens with one attached hydrogen (secondary N) is 2. The van der Waals surface area contributed by atoms with Crippen molar-refractivity contribution < 1.29 is 9.53 Å². The Labute approximate surface area is 72.7 Å². The van der Waals surface area contributed by atoms with E-state index in [0.717, 1.165) is 13.1 Å². The quantitative estimate of drug-likeness (QED) is 0.601. The smallest absolute Gasteiger partial charge is 0.221 e. The van der Waals surface area contributed by atoms with Crippen LogP contribution in [0, 0.1) is 0 Å². The highest BCUT2D eigenvalue weighted by molar-refractivity contribution is 5.78. The second kappa shape index (κ2) is 4.42. The molecule has 2 N–H and O–H groups in total. The van der Waals surface area contributed by atoms with Crippen LogP contribution < -0.4 is 10.6 Å². The summed E-state index contributed by atoms with van der Waals surface area (Å²) in [6.07, 6.45) is 0.803. The molecule has 1 heterocycles. The number of ether oxygens (including phenoxy) is 1. The molecule has 0 spiro atoms. The maximum absolute atomic E-state index is 10.8. The average Bonchev–Trinajstić information content (AvgIpc) is 2.47. The molecule has 0 aromatic rings. The van der Waals surface area contributed by atoms with Crippen LogP contribution in [0.1, 0.15) is 13.3 Å². The van der Waals surface area contributed by atoms with Crippen molar-refractivity contribution in [2.24, 2.45) is 0 Å². The van der Waals surface area contributed by atoms with Gasteiger partial charge in [-0.15, -0.1) is 0 Å². The molecule has 1 fully saturated rings. The number of rotatable bonds is 4. The molecule has 0 radical (unpaired) electrons. The molecule has 0 bridgehead atoms. The van der Waals surface area contributed by atoms with Gasteiger partial charge in [-0.2, -0.15) is 0 Å². The Balaban J connectivity index is 2.11. The predicted octanol–water partition coefficient (Wildman–Crippen LogP) is -0.501. The Hall–Kier alpha value is -0.610. The first-order valence-corrected chi connectivity index (χ1v) is 4.25. The van der Waals surface area contributed by atoms with Crippen LogP contribution >= 0.6 is 0 Å². The summed E-state index contributed by atoms with van der Waals surface area (Å²) in [5.41, 5.74) is 0. The molecule has 0 aromatic heterocycles. The lowest BCUT2D eigenvalue weighted by Gasteiger charge is -2.14. The second-order valence-corrected chi connectivity index (χ2v) is 3.16. The minimum absolute atomic E-state index is 0.137. The van der Waals surface area contributed by atoms with Gasteiger partial charge < -0.3 is 15.4 Å². The Morgan fingerprint density at radius 2 is 2.58 bits per heavy atom. The van der Waals surface area contributed by atoms with Crippen molar-refractivity contribution in [2.75, 3.05) is 20.2 Å². The lowest BCUT2D eigenvalue weighted by atomic mass is 10.2. The highest BCUT2D eigenvalue weighted by Crippen LogP contribution is 1.99. The minimum atomic E-state index is 0.137. The van der Waals surface area contributed by atoms with E-state index in [4.69, 9.17) is 4.74 Å². The number of hydrogen-bond acceptors (Lipinski definition) is 3. The molecular weight excluding hydrogens is 156 g/mol. The minimum Gasteiger partial charge on any atom is -0.380 e. The predicted molar refractivity (Wildman–Crippen MR) is 45.9 cm³/mol. The van der Waals surface area contributed by atoms with Crippen molar-refractivity contribution in [1.29, 1.82) is 0 Å². The zero-order valence-corrected chi connectivity index (χ0v) is 7.59. The summed E-state index contributed by atoms with van der Waals surface area (Å²) in [4.78, 5) is 10.8. The van der Waals surface area contributed by atoms with Gasteiger partial charge in [0.05, 0.1) is 6.10 Å². The summed E-state index contributed by atoms with van der Waals surface area (Å²) < 4.78 is 5.07. The van der Waals surface area contributed by atoms with E-state index in [1.54, 1.807) is 7.11 Å². The fraction of sp³-hybridized carbons (Fsp3) is 0.875. The van der Waals surface area contributed by atoms with Gasteiger partial charge in [-0.25, -0.2) is 0 Å². The van der Waals surface area contributed by atoms with Crippen LogP contribution in [0.3, 0.4) is 0 Å². The van der Waals surface area contributed by atoms with Gasteiger partial charge in [-0.3, -0.25) is 4.79 Å². The number of amides is 1. The van der Waals surface area contributed by atoms with Gasteiger partial charge in [-0.05, 0) is 6.92 Å². The van der Waals surface area contributed by atoms with Crippen LogP contribution in [-0.4, -0.2) is 38.3 Å². The van der Waals surface area contributed by atoms with E-state index in [1.807, 2.05) is 6.92 Å². The van der Waals surface area contributed by atoms with Gasteiger partial charge in [0.1, 0.15) is 0 Å². The first kappa shape index (κ1) is 9.48. The molecule has 0 aliphatic carbocycles.